The van der Waals surface area contributed by atoms with Crippen LogP contribution >= 0.6 is 0 Å². The molecule has 3 nitrogen and oxygen atoms in total. The fourth-order valence-electron chi connectivity index (χ4n) is 2.60. The largest absolute Gasteiger partial charge is 0.392 e. The lowest BCUT2D eigenvalue weighted by atomic mass is 9.96. The molecule has 1 aliphatic heterocycles. The molecule has 0 aromatic heterocycles. The van der Waals surface area contributed by atoms with Crippen molar-refractivity contribution in [1.29, 1.82) is 0 Å². The molecule has 1 aromatic carbocycles. The molecule has 94 valence electrons. The smallest absolute Gasteiger partial charge is 0.0687 e. The second kappa shape index (κ2) is 5.52. The first kappa shape index (κ1) is 12.4. The highest BCUT2D eigenvalue weighted by molar-refractivity contribution is 5.57. The lowest BCUT2D eigenvalue weighted by Gasteiger charge is -2.36. The zero-order chi connectivity index (χ0) is 12.3. The normalized spacial score (nSPS) is 21.1. The molecule has 0 aliphatic carbocycles. The zero-order valence-electron chi connectivity index (χ0n) is 10.7. The highest BCUT2D eigenvalue weighted by atomic mass is 16.3. The highest BCUT2D eigenvalue weighted by Gasteiger charge is 2.24. The van der Waals surface area contributed by atoms with Crippen molar-refractivity contribution in [3.8, 4) is 0 Å². The van der Waals surface area contributed by atoms with Gasteiger partial charge in [0.1, 0.15) is 0 Å². The monoisotopic (exact) mass is 234 g/mol. The van der Waals surface area contributed by atoms with Crippen LogP contribution in [0.4, 0.5) is 5.69 Å². The Bertz CT molecular complexity index is 365. The molecule has 2 rings (SSSR count). The topological polar surface area (TPSA) is 35.5 Å². The van der Waals surface area contributed by atoms with Gasteiger partial charge in [-0.05, 0) is 31.5 Å². The van der Waals surface area contributed by atoms with Crippen LogP contribution in [0.15, 0.2) is 24.3 Å². The first-order valence-corrected chi connectivity index (χ1v) is 6.47. The summed E-state index contributed by atoms with van der Waals surface area (Å²) in [6.45, 7) is 6.72. The summed E-state index contributed by atoms with van der Waals surface area (Å²) in [5, 5.41) is 13.1. The number of benzene rings is 1. The standard InChI is InChI=1S/C14H22N2O/c1-3-15-13-8-9-16(10-11(2)17)14-7-5-4-6-12(13)14/h4-7,11,13,15,17H,3,8-10H2,1-2H3. The van der Waals surface area contributed by atoms with E-state index < -0.39 is 0 Å². The molecule has 0 radical (unpaired) electrons. The van der Waals surface area contributed by atoms with Crippen LogP contribution in [-0.2, 0) is 0 Å². The average molecular weight is 234 g/mol. The fourth-order valence-corrected chi connectivity index (χ4v) is 2.60. The Labute approximate surface area is 103 Å². The van der Waals surface area contributed by atoms with E-state index in [0.29, 0.717) is 6.04 Å². The first-order chi connectivity index (χ1) is 8.22. The Morgan fingerprint density at radius 2 is 2.24 bits per heavy atom. The van der Waals surface area contributed by atoms with Crippen LogP contribution in [0, 0.1) is 0 Å². The number of nitrogens with zero attached hydrogens (tertiary/aromatic N) is 1. The van der Waals surface area contributed by atoms with Gasteiger partial charge in [-0.25, -0.2) is 0 Å². The van der Waals surface area contributed by atoms with Crippen molar-refractivity contribution >= 4 is 5.69 Å². The van der Waals surface area contributed by atoms with Crippen LogP contribution in [0.25, 0.3) is 0 Å². The first-order valence-electron chi connectivity index (χ1n) is 6.47. The van der Waals surface area contributed by atoms with Crippen LogP contribution in [0.2, 0.25) is 0 Å². The molecule has 2 unspecified atom stereocenters. The minimum Gasteiger partial charge on any atom is -0.392 e. The van der Waals surface area contributed by atoms with Crippen LogP contribution in [-0.4, -0.2) is 30.8 Å². The molecule has 0 spiro atoms. The summed E-state index contributed by atoms with van der Waals surface area (Å²) < 4.78 is 0. The van der Waals surface area contributed by atoms with Gasteiger partial charge < -0.3 is 15.3 Å². The molecule has 1 aromatic rings. The molecular weight excluding hydrogens is 212 g/mol. The summed E-state index contributed by atoms with van der Waals surface area (Å²) in [5.41, 5.74) is 2.63. The Hall–Kier alpha value is -1.06. The molecule has 3 heteroatoms. The number of fused-ring (bicyclic) bond motifs is 1. The van der Waals surface area contributed by atoms with Gasteiger partial charge in [0.15, 0.2) is 0 Å². The number of rotatable bonds is 4. The molecule has 1 aliphatic rings. The third-order valence-electron chi connectivity index (χ3n) is 3.28. The van der Waals surface area contributed by atoms with Crippen molar-refractivity contribution < 1.29 is 5.11 Å². The molecule has 2 N–H and O–H groups in total. The van der Waals surface area contributed by atoms with Crippen molar-refractivity contribution in [2.75, 3.05) is 24.5 Å². The number of β-amino-alcohol motifs (C(OH)–C–C–N with tert-alkyl or cyclic N) is 1. The summed E-state index contributed by atoms with van der Waals surface area (Å²) in [7, 11) is 0. The van der Waals surface area contributed by atoms with Crippen LogP contribution in [0.5, 0.6) is 0 Å². The van der Waals surface area contributed by atoms with Crippen molar-refractivity contribution in [2.24, 2.45) is 0 Å². The molecule has 0 bridgehead atoms. The number of para-hydroxylation sites is 1. The molecule has 0 saturated heterocycles. The van der Waals surface area contributed by atoms with E-state index in [2.05, 4.69) is 41.4 Å². The van der Waals surface area contributed by atoms with E-state index in [1.807, 2.05) is 6.92 Å². The van der Waals surface area contributed by atoms with Gasteiger partial charge in [-0.1, -0.05) is 25.1 Å². The predicted molar refractivity (Wildman–Crippen MR) is 71.4 cm³/mol. The third-order valence-corrected chi connectivity index (χ3v) is 3.28. The Morgan fingerprint density at radius 3 is 2.94 bits per heavy atom. The van der Waals surface area contributed by atoms with Crippen molar-refractivity contribution in [3.63, 3.8) is 0 Å². The molecule has 2 atom stereocenters. The second-order valence-electron chi connectivity index (χ2n) is 4.75. The van der Waals surface area contributed by atoms with E-state index in [4.69, 9.17) is 0 Å². The van der Waals surface area contributed by atoms with E-state index in [1.54, 1.807) is 0 Å². The van der Waals surface area contributed by atoms with Gasteiger partial charge in [-0.3, -0.25) is 0 Å². The fraction of sp³-hybridized carbons (Fsp3) is 0.571. The maximum Gasteiger partial charge on any atom is 0.0687 e. The Kier molecular flexibility index (Phi) is 4.02. The van der Waals surface area contributed by atoms with E-state index >= 15 is 0 Å². The van der Waals surface area contributed by atoms with Gasteiger partial charge in [-0.15, -0.1) is 0 Å². The van der Waals surface area contributed by atoms with Gasteiger partial charge in [0.25, 0.3) is 0 Å². The zero-order valence-corrected chi connectivity index (χ0v) is 10.7. The summed E-state index contributed by atoms with van der Waals surface area (Å²) in [6.07, 6.45) is 0.830. The van der Waals surface area contributed by atoms with E-state index in [9.17, 15) is 5.11 Å². The number of hydrogen-bond donors (Lipinski definition) is 2. The van der Waals surface area contributed by atoms with E-state index in [0.717, 1.165) is 26.1 Å². The molecule has 0 saturated carbocycles. The van der Waals surface area contributed by atoms with Gasteiger partial charge in [-0.2, -0.15) is 0 Å². The van der Waals surface area contributed by atoms with Crippen LogP contribution in [0.3, 0.4) is 0 Å². The second-order valence-corrected chi connectivity index (χ2v) is 4.75. The van der Waals surface area contributed by atoms with Gasteiger partial charge >= 0.3 is 0 Å². The molecule has 0 amide bonds. The minimum atomic E-state index is -0.279. The highest BCUT2D eigenvalue weighted by Crippen LogP contribution is 2.33. The Balaban J connectivity index is 2.23. The quantitative estimate of drug-likeness (QED) is 0.835. The molecule has 1 heterocycles. The van der Waals surface area contributed by atoms with Gasteiger partial charge in [0.05, 0.1) is 6.10 Å². The molecular formula is C14H22N2O. The summed E-state index contributed by atoms with van der Waals surface area (Å²) in [6, 6.07) is 8.97. The predicted octanol–water partition coefficient (Wildman–Crippen LogP) is 1.93. The number of anilines is 1. The van der Waals surface area contributed by atoms with Crippen molar-refractivity contribution in [3.05, 3.63) is 29.8 Å². The van der Waals surface area contributed by atoms with E-state index in [-0.39, 0.29) is 6.10 Å². The third kappa shape index (κ3) is 2.79. The Morgan fingerprint density at radius 1 is 1.47 bits per heavy atom. The average Bonchev–Trinajstić information content (AvgIpc) is 2.32. The maximum absolute atomic E-state index is 9.54. The van der Waals surface area contributed by atoms with E-state index in [1.165, 1.54) is 11.3 Å². The summed E-state index contributed by atoms with van der Waals surface area (Å²) in [4.78, 5) is 2.29. The lowest BCUT2D eigenvalue weighted by Crippen LogP contribution is -2.39. The summed E-state index contributed by atoms with van der Waals surface area (Å²) >= 11 is 0. The summed E-state index contributed by atoms with van der Waals surface area (Å²) in [5.74, 6) is 0. The SMILES string of the molecule is CCNC1CCN(CC(C)O)c2ccccc21. The number of nitrogens with one attached hydrogen (secondary N) is 1. The number of aliphatic hydroxyl groups is 1. The lowest BCUT2D eigenvalue weighted by molar-refractivity contribution is 0.198. The number of aliphatic hydroxyl groups excluding tert-OH is 1. The van der Waals surface area contributed by atoms with Crippen LogP contribution < -0.4 is 10.2 Å². The van der Waals surface area contributed by atoms with Gasteiger partial charge in [0, 0.05) is 24.8 Å². The van der Waals surface area contributed by atoms with Gasteiger partial charge in [0.2, 0.25) is 0 Å². The maximum atomic E-state index is 9.54. The van der Waals surface area contributed by atoms with Crippen molar-refractivity contribution in [1.82, 2.24) is 5.32 Å². The molecule has 17 heavy (non-hydrogen) atoms. The number of hydrogen-bond acceptors (Lipinski definition) is 3. The van der Waals surface area contributed by atoms with Crippen LogP contribution in [0.1, 0.15) is 31.9 Å². The molecule has 0 fully saturated rings. The minimum absolute atomic E-state index is 0.279. The van der Waals surface area contributed by atoms with Crippen molar-refractivity contribution in [2.45, 2.75) is 32.4 Å².